The van der Waals surface area contributed by atoms with Crippen LogP contribution in [-0.2, 0) is 17.9 Å². The quantitative estimate of drug-likeness (QED) is 0.529. The van der Waals surface area contributed by atoms with E-state index in [-0.39, 0.29) is 30.7 Å². The number of rotatable bonds is 6. The highest BCUT2D eigenvalue weighted by atomic mass is 19.1. The highest BCUT2D eigenvalue weighted by Crippen LogP contribution is 2.09. The molecular formula is C14H12FN7O3. The molecule has 3 rings (SSSR count). The molecule has 0 spiro atoms. The van der Waals surface area contributed by atoms with Crippen LogP contribution in [-0.4, -0.2) is 35.4 Å². The predicted octanol–water partition coefficient (Wildman–Crippen LogP) is 1.21. The summed E-state index contributed by atoms with van der Waals surface area (Å²) in [5.41, 5.74) is 0.439. The van der Waals surface area contributed by atoms with Gasteiger partial charge in [0.05, 0.1) is 23.9 Å². The van der Waals surface area contributed by atoms with Gasteiger partial charge < -0.3 is 10.1 Å². The lowest BCUT2D eigenvalue weighted by molar-refractivity contribution is -0.389. The van der Waals surface area contributed by atoms with E-state index in [1.54, 1.807) is 18.2 Å². The summed E-state index contributed by atoms with van der Waals surface area (Å²) in [4.78, 5) is 25.7. The van der Waals surface area contributed by atoms with Crippen LogP contribution in [0.5, 0.6) is 0 Å². The van der Waals surface area contributed by atoms with E-state index >= 15 is 0 Å². The van der Waals surface area contributed by atoms with Gasteiger partial charge in [0.2, 0.25) is 5.95 Å². The van der Waals surface area contributed by atoms with Crippen LogP contribution < -0.4 is 5.32 Å². The molecule has 1 aromatic carbocycles. The van der Waals surface area contributed by atoms with Crippen molar-refractivity contribution < 1.29 is 14.1 Å². The minimum Gasteiger partial charge on any atom is -0.358 e. The van der Waals surface area contributed by atoms with Crippen LogP contribution in [0.4, 0.5) is 16.2 Å². The van der Waals surface area contributed by atoms with E-state index in [9.17, 15) is 19.3 Å². The Kier molecular flexibility index (Phi) is 4.46. The number of halogens is 1. The Morgan fingerprint density at radius 3 is 2.76 bits per heavy atom. The number of hydrogen-bond acceptors (Lipinski definition) is 6. The molecule has 10 nitrogen and oxygen atoms in total. The van der Waals surface area contributed by atoms with Crippen LogP contribution in [0.15, 0.2) is 42.9 Å². The number of amides is 1. The normalized spacial score (nSPS) is 10.6. The van der Waals surface area contributed by atoms with Gasteiger partial charge in [0.15, 0.2) is 0 Å². The lowest BCUT2D eigenvalue weighted by Gasteiger charge is -2.02. The van der Waals surface area contributed by atoms with Gasteiger partial charge >= 0.3 is 5.82 Å². The molecule has 2 aromatic heterocycles. The Hall–Kier alpha value is -3.63. The Bertz CT molecular complexity index is 921. The number of nitrogens with zero attached hydrogens (tertiary/aromatic N) is 6. The summed E-state index contributed by atoms with van der Waals surface area (Å²) in [6, 6.07) is 7.46. The van der Waals surface area contributed by atoms with Gasteiger partial charge in [-0.15, -0.1) is 5.10 Å². The molecule has 0 saturated carbocycles. The summed E-state index contributed by atoms with van der Waals surface area (Å²) in [5, 5.41) is 20.7. The fraction of sp³-hybridized carbons (Fsp3) is 0.143. The highest BCUT2D eigenvalue weighted by molar-refractivity contribution is 5.88. The first kappa shape index (κ1) is 16.2. The SMILES string of the molecule is O=C(Cn1ccc([N+](=O)[O-])n1)Nc1ncn(Cc2ccccc2F)n1. The third-order valence-corrected chi connectivity index (χ3v) is 3.20. The zero-order chi connectivity index (χ0) is 17.8. The maximum atomic E-state index is 13.6. The standard InChI is InChI=1S/C14H12FN7O3/c15-11-4-2-1-3-10(11)7-21-9-16-14(19-21)17-13(23)8-20-6-5-12(18-20)22(24)25/h1-6,9H,7-8H2,(H,17,19,23). The molecule has 0 fully saturated rings. The lowest BCUT2D eigenvalue weighted by Crippen LogP contribution is -2.20. The summed E-state index contributed by atoms with van der Waals surface area (Å²) in [7, 11) is 0. The van der Waals surface area contributed by atoms with Gasteiger partial charge in [-0.25, -0.2) is 14.1 Å². The summed E-state index contributed by atoms with van der Waals surface area (Å²) < 4.78 is 16.1. The third-order valence-electron chi connectivity index (χ3n) is 3.20. The Morgan fingerprint density at radius 1 is 1.24 bits per heavy atom. The van der Waals surface area contributed by atoms with Crippen LogP contribution in [0.2, 0.25) is 0 Å². The van der Waals surface area contributed by atoms with E-state index in [4.69, 9.17) is 0 Å². The van der Waals surface area contributed by atoms with Gasteiger partial charge in [-0.3, -0.25) is 10.1 Å². The van der Waals surface area contributed by atoms with E-state index in [0.717, 1.165) is 4.68 Å². The number of carbonyl (C=O) groups excluding carboxylic acids is 1. The van der Waals surface area contributed by atoms with Gasteiger partial charge in [-0.1, -0.05) is 18.2 Å². The molecule has 0 unspecified atom stereocenters. The molecule has 128 valence electrons. The van der Waals surface area contributed by atoms with Gasteiger partial charge in [0, 0.05) is 5.56 Å². The van der Waals surface area contributed by atoms with Crippen molar-refractivity contribution in [2.45, 2.75) is 13.1 Å². The maximum Gasteiger partial charge on any atom is 0.389 e. The third kappa shape index (κ3) is 4.02. The van der Waals surface area contributed by atoms with Gasteiger partial charge in [0.25, 0.3) is 5.91 Å². The van der Waals surface area contributed by atoms with Crippen molar-refractivity contribution in [3.63, 3.8) is 0 Å². The minimum absolute atomic E-state index is 0.0444. The molecule has 3 aromatic rings. The number of carbonyl (C=O) groups is 1. The van der Waals surface area contributed by atoms with E-state index in [1.165, 1.54) is 29.3 Å². The van der Waals surface area contributed by atoms with E-state index in [2.05, 4.69) is 20.5 Å². The van der Waals surface area contributed by atoms with Crippen LogP contribution >= 0.6 is 0 Å². The fourth-order valence-electron chi connectivity index (χ4n) is 2.08. The van der Waals surface area contributed by atoms with Crippen molar-refractivity contribution in [1.82, 2.24) is 24.5 Å². The van der Waals surface area contributed by atoms with Crippen molar-refractivity contribution in [1.29, 1.82) is 0 Å². The largest absolute Gasteiger partial charge is 0.389 e. The van der Waals surface area contributed by atoms with E-state index < -0.39 is 10.8 Å². The second-order valence-corrected chi connectivity index (χ2v) is 5.03. The first-order valence-electron chi connectivity index (χ1n) is 7.12. The monoisotopic (exact) mass is 345 g/mol. The average Bonchev–Trinajstić information content (AvgIpc) is 3.19. The van der Waals surface area contributed by atoms with Gasteiger partial charge in [-0.05, 0) is 11.0 Å². The van der Waals surface area contributed by atoms with Crippen LogP contribution in [0.25, 0.3) is 0 Å². The summed E-state index contributed by atoms with van der Waals surface area (Å²) in [5.74, 6) is -1.16. The van der Waals surface area contributed by atoms with Crippen molar-refractivity contribution in [3.8, 4) is 0 Å². The molecule has 11 heteroatoms. The first-order chi connectivity index (χ1) is 12.0. The number of benzene rings is 1. The van der Waals surface area contributed by atoms with Gasteiger partial charge in [-0.2, -0.15) is 4.68 Å². The van der Waals surface area contributed by atoms with Crippen molar-refractivity contribution in [3.05, 3.63) is 64.4 Å². The van der Waals surface area contributed by atoms with Crippen molar-refractivity contribution in [2.24, 2.45) is 0 Å². The molecule has 2 heterocycles. The van der Waals surface area contributed by atoms with Crippen LogP contribution in [0.3, 0.4) is 0 Å². The smallest absolute Gasteiger partial charge is 0.358 e. The summed E-state index contributed by atoms with van der Waals surface area (Å²) in [6.45, 7) is -0.0589. The molecule has 0 atom stereocenters. The molecule has 0 aliphatic rings. The molecule has 0 aliphatic carbocycles. The molecule has 0 aliphatic heterocycles. The van der Waals surface area contributed by atoms with Gasteiger partial charge in [0.1, 0.15) is 18.7 Å². The molecule has 25 heavy (non-hydrogen) atoms. The fourth-order valence-corrected chi connectivity index (χ4v) is 2.08. The van der Waals surface area contributed by atoms with Crippen LogP contribution in [0.1, 0.15) is 5.56 Å². The second kappa shape index (κ2) is 6.86. The molecule has 1 N–H and O–H groups in total. The molecule has 1 amide bonds. The van der Waals surface area contributed by atoms with Crippen molar-refractivity contribution >= 4 is 17.7 Å². The highest BCUT2D eigenvalue weighted by Gasteiger charge is 2.14. The zero-order valence-corrected chi connectivity index (χ0v) is 12.7. The Morgan fingerprint density at radius 2 is 2.04 bits per heavy atom. The molecule has 0 saturated heterocycles. The number of anilines is 1. The molecule has 0 bridgehead atoms. The lowest BCUT2D eigenvalue weighted by atomic mass is 10.2. The Labute approximate surface area is 140 Å². The zero-order valence-electron chi connectivity index (χ0n) is 12.7. The van der Waals surface area contributed by atoms with Crippen LogP contribution in [0, 0.1) is 15.9 Å². The second-order valence-electron chi connectivity index (χ2n) is 5.03. The molecular weight excluding hydrogens is 333 g/mol. The minimum atomic E-state index is -0.652. The number of hydrogen-bond donors (Lipinski definition) is 1. The van der Waals surface area contributed by atoms with Crippen molar-refractivity contribution in [2.75, 3.05) is 5.32 Å². The summed E-state index contributed by atoms with van der Waals surface area (Å²) >= 11 is 0. The number of aromatic nitrogens is 5. The Balaban J connectivity index is 1.59. The number of nitrogens with one attached hydrogen (secondary N) is 1. The number of nitro groups is 1. The topological polar surface area (TPSA) is 121 Å². The van der Waals surface area contributed by atoms with E-state index in [1.807, 2.05) is 0 Å². The van der Waals surface area contributed by atoms with E-state index in [0.29, 0.717) is 5.56 Å². The molecule has 0 radical (unpaired) electrons. The maximum absolute atomic E-state index is 13.6. The average molecular weight is 345 g/mol. The first-order valence-corrected chi connectivity index (χ1v) is 7.12. The summed E-state index contributed by atoms with van der Waals surface area (Å²) in [6.07, 6.45) is 2.68. The predicted molar refractivity (Wildman–Crippen MR) is 83.0 cm³/mol.